The Morgan fingerprint density at radius 3 is 0.905 bits per heavy atom. The van der Waals surface area contributed by atoms with Gasteiger partial charge in [-0.1, -0.05) is 41.5 Å². The SMILES string of the molecule is CC(C)(C)[C]1[CH][CH][CH][CH]1.CC(C)(C)[C]1[CH][CH][CH][CH]1.[Cl][Ti][Cl]. The van der Waals surface area contributed by atoms with Crippen LogP contribution < -0.4 is 0 Å². The van der Waals surface area contributed by atoms with Gasteiger partial charge < -0.3 is 0 Å². The molecule has 2 rings (SSSR count). The van der Waals surface area contributed by atoms with E-state index in [1.165, 1.54) is 11.8 Å². The van der Waals surface area contributed by atoms with Gasteiger partial charge in [-0.3, -0.25) is 0 Å². The van der Waals surface area contributed by atoms with Crippen LogP contribution in [0, 0.1) is 74.0 Å². The van der Waals surface area contributed by atoms with E-state index in [1.54, 1.807) is 0 Å². The van der Waals surface area contributed by atoms with Crippen molar-refractivity contribution < 1.29 is 17.0 Å². The second-order valence-electron chi connectivity index (χ2n) is 6.92. The summed E-state index contributed by atoms with van der Waals surface area (Å²) in [6.45, 7) is 13.3. The van der Waals surface area contributed by atoms with E-state index < -0.39 is 17.0 Å². The normalized spacial score (nSPS) is 20.4. The summed E-state index contributed by atoms with van der Waals surface area (Å²) in [5.74, 6) is 2.84. The standard InChI is InChI=1S/2C9H13.2ClH.Ti/c2*1-9(2,3)8-6-4-5-7-8;;;/h2*4-7H,1-3H3;2*1H;/q;;;;+2/p-2. The van der Waals surface area contributed by atoms with Crippen molar-refractivity contribution in [1.29, 1.82) is 0 Å². The molecule has 0 saturated heterocycles. The summed E-state index contributed by atoms with van der Waals surface area (Å²) in [5.41, 5.74) is 0.646. The van der Waals surface area contributed by atoms with Crippen LogP contribution in [0.25, 0.3) is 0 Å². The van der Waals surface area contributed by atoms with Gasteiger partial charge in [0.1, 0.15) is 0 Å². The molecule has 0 N–H and O–H groups in total. The molecule has 2 aliphatic rings. The summed E-state index contributed by atoms with van der Waals surface area (Å²) in [7, 11) is 9.78. The fraction of sp³-hybridized carbons (Fsp3) is 0.444. The van der Waals surface area contributed by atoms with Crippen molar-refractivity contribution >= 4 is 18.6 Å². The van der Waals surface area contributed by atoms with E-state index in [1.807, 2.05) is 0 Å². The van der Waals surface area contributed by atoms with Crippen LogP contribution in [0.5, 0.6) is 0 Å². The topological polar surface area (TPSA) is 0 Å². The van der Waals surface area contributed by atoms with Gasteiger partial charge in [-0.2, -0.15) is 0 Å². The van der Waals surface area contributed by atoms with Gasteiger partial charge in [0.25, 0.3) is 0 Å². The van der Waals surface area contributed by atoms with Crippen molar-refractivity contribution in [2.75, 3.05) is 0 Å². The molecule has 2 saturated carbocycles. The Morgan fingerprint density at radius 1 is 0.619 bits per heavy atom. The molecule has 116 valence electrons. The van der Waals surface area contributed by atoms with Gasteiger partial charge in [0.15, 0.2) is 0 Å². The van der Waals surface area contributed by atoms with Crippen molar-refractivity contribution in [2.24, 2.45) is 10.8 Å². The summed E-state index contributed by atoms with van der Waals surface area (Å²) in [5, 5.41) is 0. The summed E-state index contributed by atoms with van der Waals surface area (Å²) < 4.78 is 0. The minimum absolute atomic E-state index is 0.323. The molecule has 0 unspecified atom stereocenters. The molecule has 0 atom stereocenters. The Hall–Kier alpha value is 1.29. The van der Waals surface area contributed by atoms with E-state index in [0.717, 1.165) is 0 Å². The van der Waals surface area contributed by atoms with Crippen molar-refractivity contribution in [3.63, 3.8) is 0 Å². The van der Waals surface area contributed by atoms with Crippen molar-refractivity contribution in [2.45, 2.75) is 41.5 Å². The molecule has 0 aromatic rings. The van der Waals surface area contributed by atoms with Crippen molar-refractivity contribution in [3.8, 4) is 0 Å². The summed E-state index contributed by atoms with van der Waals surface area (Å²) in [6, 6.07) is 0. The van der Waals surface area contributed by atoms with Crippen LogP contribution in [0.15, 0.2) is 0 Å². The molecule has 0 aromatic heterocycles. The Labute approximate surface area is 150 Å². The zero-order chi connectivity index (χ0) is 16.5. The van der Waals surface area contributed by atoms with E-state index in [0.29, 0.717) is 10.8 Å². The average Bonchev–Trinajstić information content (AvgIpc) is 3.03. The van der Waals surface area contributed by atoms with Gasteiger partial charge >= 0.3 is 35.6 Å². The molecule has 0 nitrogen and oxygen atoms in total. The van der Waals surface area contributed by atoms with Crippen LogP contribution in [0.2, 0.25) is 0 Å². The fourth-order valence-electron chi connectivity index (χ4n) is 1.75. The summed E-state index contributed by atoms with van der Waals surface area (Å²) >= 11 is -0.556. The molecule has 0 aromatic carbocycles. The van der Waals surface area contributed by atoms with E-state index in [9.17, 15) is 0 Å². The Morgan fingerprint density at radius 2 is 0.810 bits per heavy atom. The van der Waals surface area contributed by atoms with E-state index >= 15 is 0 Å². The van der Waals surface area contributed by atoms with Crippen LogP contribution in [0.1, 0.15) is 41.5 Å². The molecule has 2 fully saturated rings. The first-order chi connectivity index (χ1) is 9.62. The average molecular weight is 361 g/mol. The molecule has 0 bridgehead atoms. The van der Waals surface area contributed by atoms with Crippen LogP contribution in [-0.2, 0) is 17.0 Å². The number of halogens is 2. The first-order valence-electron chi connectivity index (χ1n) is 7.03. The van der Waals surface area contributed by atoms with Crippen molar-refractivity contribution in [1.82, 2.24) is 0 Å². The maximum atomic E-state index is 4.89. The third-order valence-corrected chi connectivity index (χ3v) is 3.06. The van der Waals surface area contributed by atoms with Crippen LogP contribution in [0.4, 0.5) is 0 Å². The molecule has 3 heteroatoms. The first-order valence-corrected chi connectivity index (χ1v) is 11.3. The minimum atomic E-state index is -0.556. The summed E-state index contributed by atoms with van der Waals surface area (Å²) in [4.78, 5) is 0. The van der Waals surface area contributed by atoms with Gasteiger partial charge in [-0.05, 0) is 74.0 Å². The molecule has 10 radical (unpaired) electrons. The van der Waals surface area contributed by atoms with Gasteiger partial charge in [-0.25, -0.2) is 0 Å². The third kappa shape index (κ3) is 10.6. The molecule has 0 heterocycles. The number of rotatable bonds is 0. The molecular weight excluding hydrogens is 335 g/mol. The second kappa shape index (κ2) is 11.0. The molecule has 2 aliphatic carbocycles. The zero-order valence-corrected chi connectivity index (χ0v) is 16.9. The van der Waals surface area contributed by atoms with Gasteiger partial charge in [0.2, 0.25) is 0 Å². The molecule has 21 heavy (non-hydrogen) atoms. The first kappa shape index (κ1) is 22.3. The Kier molecular flexibility index (Phi) is 11.6. The Bertz CT molecular complexity index is 215. The Balaban J connectivity index is 0.000000322. The third-order valence-electron chi connectivity index (χ3n) is 3.06. The van der Waals surface area contributed by atoms with E-state index in [-0.39, 0.29) is 0 Å². The number of hydrogen-bond acceptors (Lipinski definition) is 0. The molecular formula is C18H26Cl2Ti. The van der Waals surface area contributed by atoms with Crippen molar-refractivity contribution in [3.05, 3.63) is 63.2 Å². The van der Waals surface area contributed by atoms with Gasteiger partial charge in [0, 0.05) is 0 Å². The molecule has 0 amide bonds. The predicted molar refractivity (Wildman–Crippen MR) is 91.5 cm³/mol. The predicted octanol–water partition coefficient (Wildman–Crippen LogP) is 6.25. The van der Waals surface area contributed by atoms with E-state index in [4.69, 9.17) is 18.6 Å². The number of hydrogen-bond donors (Lipinski definition) is 0. The molecule has 0 spiro atoms. The van der Waals surface area contributed by atoms with Crippen LogP contribution in [-0.4, -0.2) is 0 Å². The fourth-order valence-corrected chi connectivity index (χ4v) is 1.75. The monoisotopic (exact) mass is 360 g/mol. The second-order valence-corrected chi connectivity index (χ2v) is 9.50. The van der Waals surface area contributed by atoms with Crippen LogP contribution in [0.3, 0.4) is 0 Å². The zero-order valence-electron chi connectivity index (χ0n) is 13.9. The summed E-state index contributed by atoms with van der Waals surface area (Å²) in [6.07, 6.45) is 17.0. The quantitative estimate of drug-likeness (QED) is 0.447. The maximum absolute atomic E-state index is 4.89. The van der Waals surface area contributed by atoms with Gasteiger partial charge in [-0.15, -0.1) is 0 Å². The van der Waals surface area contributed by atoms with Crippen LogP contribution >= 0.6 is 18.6 Å². The van der Waals surface area contributed by atoms with E-state index in [2.05, 4.69) is 92.9 Å². The molecule has 0 aliphatic heterocycles. The van der Waals surface area contributed by atoms with Gasteiger partial charge in [0.05, 0.1) is 0 Å².